The highest BCUT2D eigenvalue weighted by molar-refractivity contribution is 8.08. The molecule has 3 heterocycles. The SMILES string of the molecule is O=C1C(Sc2nc3ccccc3o2)=C(Sc2nc3ccccc3o2)C(=O)N1c1cc(Cl)ccc1Cl. The number of thioether (sulfide) groups is 2. The number of nitrogens with zero attached hydrogens (tertiary/aromatic N) is 3. The Kier molecular flexibility index (Phi) is 5.57. The summed E-state index contributed by atoms with van der Waals surface area (Å²) in [7, 11) is 0. The minimum Gasteiger partial charge on any atom is -0.431 e. The van der Waals surface area contributed by atoms with E-state index in [9.17, 15) is 9.59 Å². The zero-order valence-electron chi connectivity index (χ0n) is 17.4. The summed E-state index contributed by atoms with van der Waals surface area (Å²) in [5.41, 5.74) is 2.58. The molecule has 0 saturated heterocycles. The third-order valence-electron chi connectivity index (χ3n) is 5.08. The number of oxazole rings is 2. The molecule has 2 aromatic heterocycles. The number of halogens is 2. The number of fused-ring (bicyclic) bond motifs is 2. The smallest absolute Gasteiger partial charge is 0.273 e. The highest BCUT2D eigenvalue weighted by atomic mass is 35.5. The lowest BCUT2D eigenvalue weighted by Crippen LogP contribution is -2.31. The standard InChI is InChI=1S/C24H11Cl2N3O4S2/c25-12-9-10-13(26)16(11-12)29-21(30)19(34-23-27-14-5-1-3-7-17(14)32-23)20(22(29)31)35-24-28-15-6-2-4-8-18(15)33-24/h1-11H. The molecule has 1 aliphatic heterocycles. The van der Waals surface area contributed by atoms with E-state index in [4.69, 9.17) is 32.0 Å². The number of para-hydroxylation sites is 4. The van der Waals surface area contributed by atoms with Gasteiger partial charge in [0.2, 0.25) is 0 Å². The fourth-order valence-corrected chi connectivity index (χ4v) is 5.75. The van der Waals surface area contributed by atoms with E-state index in [0.29, 0.717) is 27.2 Å². The van der Waals surface area contributed by atoms with Crippen molar-refractivity contribution in [3.8, 4) is 0 Å². The lowest BCUT2D eigenvalue weighted by Gasteiger charge is -2.16. The van der Waals surface area contributed by atoms with Crippen molar-refractivity contribution in [2.24, 2.45) is 0 Å². The van der Waals surface area contributed by atoms with Gasteiger partial charge in [0.15, 0.2) is 11.2 Å². The zero-order chi connectivity index (χ0) is 24.1. The number of amides is 2. The number of hydrogen-bond acceptors (Lipinski definition) is 8. The first-order valence-corrected chi connectivity index (χ1v) is 12.5. The Morgan fingerprint density at radius 2 is 1.23 bits per heavy atom. The molecular weight excluding hydrogens is 529 g/mol. The second kappa shape index (κ2) is 8.76. The molecule has 11 heteroatoms. The molecule has 1 aliphatic rings. The summed E-state index contributed by atoms with van der Waals surface area (Å²) in [6, 6.07) is 19.0. The summed E-state index contributed by atoms with van der Waals surface area (Å²) < 4.78 is 11.6. The molecule has 2 amide bonds. The zero-order valence-corrected chi connectivity index (χ0v) is 20.5. The molecule has 5 aromatic rings. The number of rotatable bonds is 5. The maximum Gasteiger partial charge on any atom is 0.273 e. The Bertz CT molecular complexity index is 1530. The van der Waals surface area contributed by atoms with E-state index in [1.807, 2.05) is 24.3 Å². The van der Waals surface area contributed by atoms with Crippen molar-refractivity contribution in [3.05, 3.63) is 86.6 Å². The molecule has 0 bridgehead atoms. The Hall–Kier alpha value is -3.24. The number of anilines is 1. The second-order valence-electron chi connectivity index (χ2n) is 7.30. The van der Waals surface area contributed by atoms with Gasteiger partial charge in [-0.2, -0.15) is 0 Å². The molecular formula is C24H11Cl2N3O4S2. The van der Waals surface area contributed by atoms with E-state index >= 15 is 0 Å². The van der Waals surface area contributed by atoms with Gasteiger partial charge in [-0.3, -0.25) is 9.59 Å². The van der Waals surface area contributed by atoms with E-state index < -0.39 is 11.8 Å². The molecule has 0 aliphatic carbocycles. The monoisotopic (exact) mass is 539 g/mol. The number of hydrogen-bond donors (Lipinski definition) is 0. The van der Waals surface area contributed by atoms with E-state index in [1.165, 1.54) is 12.1 Å². The molecule has 0 saturated carbocycles. The first-order chi connectivity index (χ1) is 17.0. The van der Waals surface area contributed by atoms with Crippen LogP contribution in [0.2, 0.25) is 10.0 Å². The van der Waals surface area contributed by atoms with Crippen LogP contribution in [0.1, 0.15) is 0 Å². The van der Waals surface area contributed by atoms with Crippen molar-refractivity contribution in [1.82, 2.24) is 9.97 Å². The van der Waals surface area contributed by atoms with E-state index in [0.717, 1.165) is 28.4 Å². The van der Waals surface area contributed by atoms with Gasteiger partial charge >= 0.3 is 0 Å². The van der Waals surface area contributed by atoms with E-state index in [-0.39, 0.29) is 31.0 Å². The molecule has 3 aromatic carbocycles. The molecule has 0 N–H and O–H groups in total. The summed E-state index contributed by atoms with van der Waals surface area (Å²) in [6.07, 6.45) is 0. The van der Waals surface area contributed by atoms with Crippen molar-refractivity contribution in [3.63, 3.8) is 0 Å². The largest absolute Gasteiger partial charge is 0.431 e. The lowest BCUT2D eigenvalue weighted by atomic mass is 10.3. The molecule has 0 fully saturated rings. The molecule has 0 radical (unpaired) electrons. The van der Waals surface area contributed by atoms with Crippen LogP contribution in [-0.4, -0.2) is 21.8 Å². The highest BCUT2D eigenvalue weighted by Crippen LogP contribution is 2.45. The average molecular weight is 540 g/mol. The Morgan fingerprint density at radius 3 is 1.74 bits per heavy atom. The molecule has 35 heavy (non-hydrogen) atoms. The molecule has 7 nitrogen and oxygen atoms in total. The second-order valence-corrected chi connectivity index (χ2v) is 10.1. The van der Waals surface area contributed by atoms with Gasteiger partial charge in [-0.05, 0) is 66.0 Å². The molecule has 0 spiro atoms. The van der Waals surface area contributed by atoms with Crippen molar-refractivity contribution in [2.45, 2.75) is 10.4 Å². The van der Waals surface area contributed by atoms with Gasteiger partial charge in [0.1, 0.15) is 20.8 Å². The third-order valence-corrected chi connectivity index (χ3v) is 7.63. The molecule has 0 unspecified atom stereocenters. The summed E-state index contributed by atoms with van der Waals surface area (Å²) in [5.74, 6) is -1.16. The van der Waals surface area contributed by atoms with E-state index in [1.54, 1.807) is 30.3 Å². The topological polar surface area (TPSA) is 89.4 Å². The summed E-state index contributed by atoms with van der Waals surface area (Å²) in [6.45, 7) is 0. The maximum absolute atomic E-state index is 13.6. The maximum atomic E-state index is 13.6. The highest BCUT2D eigenvalue weighted by Gasteiger charge is 2.42. The molecule has 0 atom stereocenters. The van der Waals surface area contributed by atoms with Gasteiger partial charge in [0.05, 0.1) is 10.7 Å². The van der Waals surface area contributed by atoms with Gasteiger partial charge in [-0.25, -0.2) is 14.9 Å². The first kappa shape index (κ1) is 22.2. The van der Waals surface area contributed by atoms with Crippen LogP contribution in [0.5, 0.6) is 0 Å². The molecule has 6 rings (SSSR count). The molecule has 172 valence electrons. The van der Waals surface area contributed by atoms with Crippen LogP contribution < -0.4 is 4.90 Å². The average Bonchev–Trinajstić information content (AvgIpc) is 3.51. The quantitative estimate of drug-likeness (QED) is 0.222. The minimum absolute atomic E-state index is 0.116. The van der Waals surface area contributed by atoms with Crippen molar-refractivity contribution < 1.29 is 18.4 Å². The Balaban J connectivity index is 1.44. The Morgan fingerprint density at radius 1 is 0.714 bits per heavy atom. The van der Waals surface area contributed by atoms with Gasteiger partial charge in [0, 0.05) is 5.02 Å². The Labute approximate surface area is 216 Å². The fourth-order valence-electron chi connectivity index (χ4n) is 3.51. The number of aromatic nitrogens is 2. The summed E-state index contributed by atoms with van der Waals surface area (Å²) in [4.78, 5) is 37.2. The summed E-state index contributed by atoms with van der Waals surface area (Å²) >= 11 is 14.4. The fraction of sp³-hybridized carbons (Fsp3) is 0. The number of carbonyl (C=O) groups excluding carboxylic acids is 2. The van der Waals surface area contributed by atoms with Gasteiger partial charge in [0.25, 0.3) is 22.3 Å². The van der Waals surface area contributed by atoms with Crippen molar-refractivity contribution >= 4 is 86.4 Å². The van der Waals surface area contributed by atoms with Gasteiger partial charge in [-0.15, -0.1) is 0 Å². The van der Waals surface area contributed by atoms with Crippen molar-refractivity contribution in [2.75, 3.05) is 4.90 Å². The van der Waals surface area contributed by atoms with Crippen LogP contribution in [0.25, 0.3) is 22.2 Å². The van der Waals surface area contributed by atoms with Crippen molar-refractivity contribution in [1.29, 1.82) is 0 Å². The van der Waals surface area contributed by atoms with Crippen LogP contribution >= 0.6 is 46.7 Å². The van der Waals surface area contributed by atoms with Crippen LogP contribution in [0.15, 0.2) is 95.8 Å². The van der Waals surface area contributed by atoms with Gasteiger partial charge < -0.3 is 8.83 Å². The van der Waals surface area contributed by atoms with Crippen LogP contribution in [0, 0.1) is 0 Å². The third kappa shape index (κ3) is 4.00. The number of carbonyl (C=O) groups is 2. The normalized spacial score (nSPS) is 14.2. The first-order valence-electron chi connectivity index (χ1n) is 10.1. The number of benzene rings is 3. The van der Waals surface area contributed by atoms with Gasteiger partial charge in [-0.1, -0.05) is 47.5 Å². The summed E-state index contributed by atoms with van der Waals surface area (Å²) in [5, 5.41) is 0.975. The van der Waals surface area contributed by atoms with Crippen LogP contribution in [0.4, 0.5) is 5.69 Å². The lowest BCUT2D eigenvalue weighted by molar-refractivity contribution is -0.120. The number of imide groups is 1. The minimum atomic E-state index is -0.579. The predicted octanol–water partition coefficient (Wildman–Crippen LogP) is 6.95. The van der Waals surface area contributed by atoms with Crippen LogP contribution in [-0.2, 0) is 9.59 Å². The van der Waals surface area contributed by atoms with Crippen LogP contribution in [0.3, 0.4) is 0 Å². The van der Waals surface area contributed by atoms with E-state index in [2.05, 4.69) is 9.97 Å². The predicted molar refractivity (Wildman–Crippen MR) is 136 cm³/mol.